The Morgan fingerprint density at radius 2 is 1.79 bits per heavy atom. The minimum absolute atomic E-state index is 0.208. The molecule has 144 valence electrons. The smallest absolute Gasteiger partial charge is 0.324 e. The minimum Gasteiger partial charge on any atom is -0.491 e. The largest absolute Gasteiger partial charge is 0.491 e. The molecule has 3 aromatic rings. The van der Waals surface area contributed by atoms with E-state index in [1.807, 2.05) is 62.5 Å². The molecule has 1 aliphatic rings. The second kappa shape index (κ2) is 7.38. The Balaban J connectivity index is 1.40. The number of para-hydroxylation sites is 2. The highest BCUT2D eigenvalue weighted by atomic mass is 16.5. The zero-order chi connectivity index (χ0) is 19.7. The molecule has 4 rings (SSSR count). The fourth-order valence-corrected chi connectivity index (χ4v) is 3.71. The monoisotopic (exact) mass is 377 g/mol. The van der Waals surface area contributed by atoms with Crippen LogP contribution in [0.2, 0.25) is 0 Å². The van der Waals surface area contributed by atoms with Crippen molar-refractivity contribution in [2.45, 2.75) is 26.3 Å². The average molecular weight is 377 g/mol. The van der Waals surface area contributed by atoms with E-state index in [1.165, 1.54) is 4.90 Å². The second-order valence-corrected chi connectivity index (χ2v) is 7.12. The number of nitrogens with zero attached hydrogens (tertiary/aromatic N) is 1. The van der Waals surface area contributed by atoms with Crippen LogP contribution in [0.5, 0.6) is 5.75 Å². The van der Waals surface area contributed by atoms with Crippen LogP contribution in [0.25, 0.3) is 10.9 Å². The van der Waals surface area contributed by atoms with Crippen molar-refractivity contribution in [2.75, 3.05) is 13.2 Å². The lowest BCUT2D eigenvalue weighted by molar-refractivity contribution is -0.127. The van der Waals surface area contributed by atoms with E-state index >= 15 is 0 Å². The number of hydrogen-bond donors (Lipinski definition) is 2. The summed E-state index contributed by atoms with van der Waals surface area (Å²) < 4.78 is 5.85. The van der Waals surface area contributed by atoms with E-state index < -0.39 is 6.04 Å². The molecule has 0 spiro atoms. The van der Waals surface area contributed by atoms with Crippen LogP contribution >= 0.6 is 0 Å². The Hall–Kier alpha value is -3.28. The zero-order valence-corrected chi connectivity index (χ0v) is 16.0. The number of aromatic amines is 1. The predicted octanol–water partition coefficient (Wildman–Crippen LogP) is 3.33. The number of ether oxygens (including phenoxy) is 1. The molecule has 1 saturated heterocycles. The lowest BCUT2D eigenvalue weighted by Gasteiger charge is -2.16. The molecule has 2 aromatic carbocycles. The van der Waals surface area contributed by atoms with Gasteiger partial charge in [0.15, 0.2) is 0 Å². The first-order chi connectivity index (χ1) is 13.5. The first kappa shape index (κ1) is 18.1. The van der Waals surface area contributed by atoms with Gasteiger partial charge in [-0.15, -0.1) is 0 Å². The van der Waals surface area contributed by atoms with Crippen LogP contribution in [0.15, 0.2) is 48.7 Å². The maximum absolute atomic E-state index is 12.7. The van der Waals surface area contributed by atoms with Crippen LogP contribution in [0, 0.1) is 13.8 Å². The third-order valence-corrected chi connectivity index (χ3v) is 5.18. The summed E-state index contributed by atoms with van der Waals surface area (Å²) in [6, 6.07) is 13.0. The van der Waals surface area contributed by atoms with Crippen LogP contribution in [-0.4, -0.2) is 41.0 Å². The predicted molar refractivity (Wildman–Crippen MR) is 107 cm³/mol. The number of fused-ring (bicyclic) bond motifs is 1. The number of hydrogen-bond acceptors (Lipinski definition) is 3. The van der Waals surface area contributed by atoms with Crippen molar-refractivity contribution in [3.05, 3.63) is 65.4 Å². The second-order valence-electron chi connectivity index (χ2n) is 7.12. The van der Waals surface area contributed by atoms with Gasteiger partial charge in [0.2, 0.25) is 0 Å². The first-order valence-corrected chi connectivity index (χ1v) is 9.40. The Kier molecular flexibility index (Phi) is 4.77. The van der Waals surface area contributed by atoms with Crippen molar-refractivity contribution >= 4 is 22.8 Å². The Bertz CT molecular complexity index is 1020. The van der Waals surface area contributed by atoms with Crippen molar-refractivity contribution < 1.29 is 14.3 Å². The molecule has 3 amide bonds. The van der Waals surface area contributed by atoms with Crippen molar-refractivity contribution in [1.29, 1.82) is 0 Å². The van der Waals surface area contributed by atoms with Crippen molar-refractivity contribution in [3.63, 3.8) is 0 Å². The number of urea groups is 1. The fourth-order valence-electron chi connectivity index (χ4n) is 3.71. The highest BCUT2D eigenvalue weighted by molar-refractivity contribution is 6.04. The third-order valence-electron chi connectivity index (χ3n) is 5.18. The summed E-state index contributed by atoms with van der Waals surface area (Å²) in [5.74, 6) is 0.602. The number of nitrogens with one attached hydrogen (secondary N) is 2. The van der Waals surface area contributed by atoms with Gasteiger partial charge in [0.25, 0.3) is 5.91 Å². The van der Waals surface area contributed by atoms with E-state index in [9.17, 15) is 9.59 Å². The van der Waals surface area contributed by atoms with E-state index in [0.29, 0.717) is 6.42 Å². The number of amides is 3. The molecule has 1 fully saturated rings. The SMILES string of the molecule is Cc1cccc(C)c1OCCN1C(=O)N[C@H](Cc2c[nH]c3ccccc23)C1=O. The van der Waals surface area contributed by atoms with E-state index in [-0.39, 0.29) is 25.1 Å². The number of rotatable bonds is 6. The molecular formula is C22H23N3O3. The Morgan fingerprint density at radius 1 is 1.04 bits per heavy atom. The first-order valence-electron chi connectivity index (χ1n) is 9.40. The number of imide groups is 1. The van der Waals surface area contributed by atoms with Gasteiger partial charge in [-0.3, -0.25) is 9.69 Å². The molecule has 0 bridgehead atoms. The van der Waals surface area contributed by atoms with Gasteiger partial charge in [-0.05, 0) is 36.6 Å². The van der Waals surface area contributed by atoms with Gasteiger partial charge in [-0.2, -0.15) is 0 Å². The molecule has 2 heterocycles. The van der Waals surface area contributed by atoms with Crippen LogP contribution in [-0.2, 0) is 11.2 Å². The lowest BCUT2D eigenvalue weighted by atomic mass is 10.1. The van der Waals surface area contributed by atoms with Gasteiger partial charge in [-0.25, -0.2) is 4.79 Å². The van der Waals surface area contributed by atoms with Crippen molar-refractivity contribution in [2.24, 2.45) is 0 Å². The van der Waals surface area contributed by atoms with E-state index in [4.69, 9.17) is 4.74 Å². The third kappa shape index (κ3) is 3.33. The highest BCUT2D eigenvalue weighted by Crippen LogP contribution is 2.23. The molecule has 6 heteroatoms. The normalized spacial score (nSPS) is 16.6. The van der Waals surface area contributed by atoms with Gasteiger partial charge in [0.05, 0.1) is 6.54 Å². The van der Waals surface area contributed by atoms with Gasteiger partial charge < -0.3 is 15.0 Å². The lowest BCUT2D eigenvalue weighted by Crippen LogP contribution is -2.35. The summed E-state index contributed by atoms with van der Waals surface area (Å²) in [6.45, 7) is 4.45. The molecular weight excluding hydrogens is 354 g/mol. The van der Waals surface area contributed by atoms with Gasteiger partial charge in [-0.1, -0.05) is 36.4 Å². The van der Waals surface area contributed by atoms with Crippen LogP contribution < -0.4 is 10.1 Å². The van der Waals surface area contributed by atoms with E-state index in [1.54, 1.807) is 0 Å². The van der Waals surface area contributed by atoms with Crippen LogP contribution in [0.4, 0.5) is 4.79 Å². The van der Waals surface area contributed by atoms with Gasteiger partial charge in [0.1, 0.15) is 18.4 Å². The summed E-state index contributed by atoms with van der Waals surface area (Å²) in [7, 11) is 0. The quantitative estimate of drug-likeness (QED) is 0.647. The number of H-pyrrole nitrogens is 1. The molecule has 0 saturated carbocycles. The topological polar surface area (TPSA) is 74.4 Å². The number of aromatic nitrogens is 1. The standard InChI is InChI=1S/C22H23N3O3/c1-14-6-5-7-15(2)20(14)28-11-10-25-21(26)19(24-22(25)27)12-16-13-23-18-9-4-3-8-17(16)18/h3-9,13,19,23H,10-12H2,1-2H3,(H,24,27)/t19-/m1/s1. The Labute approximate surface area is 163 Å². The molecule has 0 radical (unpaired) electrons. The maximum atomic E-state index is 12.7. The van der Waals surface area contributed by atoms with Crippen molar-refractivity contribution in [3.8, 4) is 5.75 Å². The number of carbonyl (C=O) groups is 2. The maximum Gasteiger partial charge on any atom is 0.324 e. The summed E-state index contributed by atoms with van der Waals surface area (Å²) in [5, 5.41) is 3.87. The molecule has 1 aliphatic heterocycles. The van der Waals surface area contributed by atoms with E-state index in [0.717, 1.165) is 33.3 Å². The highest BCUT2D eigenvalue weighted by Gasteiger charge is 2.38. The molecule has 6 nitrogen and oxygen atoms in total. The summed E-state index contributed by atoms with van der Waals surface area (Å²) in [6.07, 6.45) is 2.36. The summed E-state index contributed by atoms with van der Waals surface area (Å²) >= 11 is 0. The number of benzene rings is 2. The Morgan fingerprint density at radius 3 is 2.57 bits per heavy atom. The summed E-state index contributed by atoms with van der Waals surface area (Å²) in [4.78, 5) is 29.5. The molecule has 28 heavy (non-hydrogen) atoms. The van der Waals surface area contributed by atoms with Gasteiger partial charge in [0, 0.05) is 23.5 Å². The molecule has 0 aliphatic carbocycles. The average Bonchev–Trinajstić information content (AvgIpc) is 3.20. The van der Waals surface area contributed by atoms with Crippen LogP contribution in [0.3, 0.4) is 0 Å². The molecule has 1 aromatic heterocycles. The zero-order valence-electron chi connectivity index (χ0n) is 16.0. The number of aryl methyl sites for hydroxylation is 2. The van der Waals surface area contributed by atoms with E-state index in [2.05, 4.69) is 10.3 Å². The molecule has 0 unspecified atom stereocenters. The van der Waals surface area contributed by atoms with Crippen molar-refractivity contribution in [1.82, 2.24) is 15.2 Å². The molecule has 2 N–H and O–H groups in total. The number of carbonyl (C=O) groups excluding carboxylic acids is 2. The van der Waals surface area contributed by atoms with Crippen LogP contribution in [0.1, 0.15) is 16.7 Å². The summed E-state index contributed by atoms with van der Waals surface area (Å²) in [5.41, 5.74) is 4.11. The van der Waals surface area contributed by atoms with Gasteiger partial charge >= 0.3 is 6.03 Å². The molecule has 1 atom stereocenters. The minimum atomic E-state index is -0.549. The fraction of sp³-hybridized carbons (Fsp3) is 0.273.